The van der Waals surface area contributed by atoms with Crippen LogP contribution in [0.4, 0.5) is 4.79 Å². The summed E-state index contributed by atoms with van der Waals surface area (Å²) in [7, 11) is 1.86. The summed E-state index contributed by atoms with van der Waals surface area (Å²) in [5, 5.41) is 2.90. The van der Waals surface area contributed by atoms with Gasteiger partial charge in [0.15, 0.2) is 0 Å². The van der Waals surface area contributed by atoms with Crippen LogP contribution >= 0.6 is 0 Å². The van der Waals surface area contributed by atoms with Gasteiger partial charge in [0.2, 0.25) is 0 Å². The molecule has 1 aromatic rings. The zero-order valence-electron chi connectivity index (χ0n) is 12.8. The first kappa shape index (κ1) is 13.9. The number of amides is 2. The highest BCUT2D eigenvalue weighted by molar-refractivity contribution is 5.77. The van der Waals surface area contributed by atoms with Crippen LogP contribution in [-0.2, 0) is 5.41 Å². The van der Waals surface area contributed by atoms with Gasteiger partial charge in [-0.3, -0.25) is 0 Å². The van der Waals surface area contributed by atoms with Crippen LogP contribution in [0.2, 0.25) is 0 Å². The highest BCUT2D eigenvalue weighted by atomic mass is 16.2. The van der Waals surface area contributed by atoms with Crippen molar-refractivity contribution in [2.45, 2.75) is 46.1 Å². The minimum Gasteiger partial charge on any atom is -0.336 e. The van der Waals surface area contributed by atoms with E-state index in [2.05, 4.69) is 52.1 Å². The summed E-state index contributed by atoms with van der Waals surface area (Å²) in [5.74, 6) is 0. The minimum absolute atomic E-state index is 0.0173. The van der Waals surface area contributed by atoms with Crippen molar-refractivity contribution in [3.63, 3.8) is 0 Å². The van der Waals surface area contributed by atoms with Crippen molar-refractivity contribution >= 4 is 6.03 Å². The summed E-state index contributed by atoms with van der Waals surface area (Å²) in [6, 6.07) is 4.70. The highest BCUT2D eigenvalue weighted by Gasteiger charge is 2.31. The first-order valence-electron chi connectivity index (χ1n) is 6.84. The Balaban J connectivity index is 2.46. The van der Waals surface area contributed by atoms with Gasteiger partial charge in [-0.05, 0) is 41.5 Å². The van der Waals surface area contributed by atoms with Crippen LogP contribution in [0.5, 0.6) is 0 Å². The molecule has 0 spiro atoms. The number of benzene rings is 1. The average molecular weight is 260 g/mol. The molecular weight excluding hydrogens is 236 g/mol. The van der Waals surface area contributed by atoms with E-state index < -0.39 is 0 Å². The van der Waals surface area contributed by atoms with E-state index in [4.69, 9.17) is 0 Å². The molecule has 3 nitrogen and oxygen atoms in total. The third-order valence-electron chi connectivity index (χ3n) is 4.03. The van der Waals surface area contributed by atoms with Gasteiger partial charge in [0.05, 0.1) is 6.04 Å². The molecule has 1 saturated heterocycles. The van der Waals surface area contributed by atoms with E-state index in [1.54, 1.807) is 4.90 Å². The van der Waals surface area contributed by atoms with Crippen LogP contribution in [0.1, 0.15) is 49.1 Å². The second-order valence-corrected chi connectivity index (χ2v) is 6.59. The zero-order chi connectivity index (χ0) is 14.4. The average Bonchev–Trinajstić information content (AvgIpc) is 2.59. The molecular formula is C16H24N2O. The van der Waals surface area contributed by atoms with E-state index in [0.717, 1.165) is 0 Å². The van der Waals surface area contributed by atoms with Crippen LogP contribution in [0.3, 0.4) is 0 Å². The van der Waals surface area contributed by atoms with E-state index in [1.165, 1.54) is 22.3 Å². The van der Waals surface area contributed by atoms with Crippen molar-refractivity contribution in [2.75, 3.05) is 13.6 Å². The molecule has 2 rings (SSSR count). The minimum atomic E-state index is 0.0173. The van der Waals surface area contributed by atoms with Crippen LogP contribution in [-0.4, -0.2) is 24.5 Å². The lowest BCUT2D eigenvalue weighted by molar-refractivity contribution is 0.216. The predicted molar refractivity (Wildman–Crippen MR) is 78.5 cm³/mol. The molecule has 1 heterocycles. The van der Waals surface area contributed by atoms with Gasteiger partial charge in [-0.15, -0.1) is 0 Å². The summed E-state index contributed by atoms with van der Waals surface area (Å²) in [5.41, 5.74) is 5.35. The van der Waals surface area contributed by atoms with E-state index in [-0.39, 0.29) is 17.5 Å². The molecule has 1 fully saturated rings. The smallest absolute Gasteiger partial charge is 0.317 e. The van der Waals surface area contributed by atoms with Gasteiger partial charge < -0.3 is 10.2 Å². The van der Waals surface area contributed by atoms with Gasteiger partial charge in [0.25, 0.3) is 0 Å². The Bertz CT molecular complexity index is 491. The summed E-state index contributed by atoms with van der Waals surface area (Å²) in [6.45, 7) is 11.7. The highest BCUT2D eigenvalue weighted by Crippen LogP contribution is 2.33. The van der Waals surface area contributed by atoms with Crippen molar-refractivity contribution < 1.29 is 4.79 Å². The maximum atomic E-state index is 11.6. The zero-order valence-corrected chi connectivity index (χ0v) is 12.8. The lowest BCUT2D eigenvalue weighted by Crippen LogP contribution is -2.26. The number of carbonyl (C=O) groups is 1. The fraction of sp³-hybridized carbons (Fsp3) is 0.562. The third kappa shape index (κ3) is 2.46. The molecule has 104 valence electrons. The van der Waals surface area contributed by atoms with E-state index in [9.17, 15) is 4.79 Å². The molecule has 0 radical (unpaired) electrons. The Morgan fingerprint density at radius 1 is 1.21 bits per heavy atom. The number of nitrogens with one attached hydrogen (secondary N) is 1. The monoisotopic (exact) mass is 260 g/mol. The maximum Gasteiger partial charge on any atom is 0.317 e. The molecule has 1 unspecified atom stereocenters. The van der Waals surface area contributed by atoms with Crippen molar-refractivity contribution in [1.29, 1.82) is 0 Å². The van der Waals surface area contributed by atoms with Crippen molar-refractivity contribution in [1.82, 2.24) is 10.2 Å². The molecule has 0 aliphatic carbocycles. The second-order valence-electron chi connectivity index (χ2n) is 6.59. The fourth-order valence-corrected chi connectivity index (χ4v) is 2.82. The normalized spacial score (nSPS) is 19.8. The molecule has 1 atom stereocenters. The summed E-state index contributed by atoms with van der Waals surface area (Å²) in [6.07, 6.45) is 0. The van der Waals surface area contributed by atoms with Gasteiger partial charge in [-0.2, -0.15) is 0 Å². The fourth-order valence-electron chi connectivity index (χ4n) is 2.82. The Hall–Kier alpha value is -1.51. The molecule has 3 heteroatoms. The molecule has 1 aromatic carbocycles. The molecule has 1 N–H and O–H groups in total. The lowest BCUT2D eigenvalue weighted by Gasteiger charge is -2.26. The number of likely N-dealkylation sites (N-methyl/N-ethyl adjacent to an activating group) is 1. The van der Waals surface area contributed by atoms with Crippen molar-refractivity contribution in [3.8, 4) is 0 Å². The van der Waals surface area contributed by atoms with E-state index in [1.807, 2.05) is 7.05 Å². The summed E-state index contributed by atoms with van der Waals surface area (Å²) < 4.78 is 0. The second kappa shape index (κ2) is 4.55. The Morgan fingerprint density at radius 2 is 1.74 bits per heavy atom. The van der Waals surface area contributed by atoms with Gasteiger partial charge in [0, 0.05) is 13.6 Å². The van der Waals surface area contributed by atoms with Gasteiger partial charge in [-0.1, -0.05) is 32.9 Å². The molecule has 0 saturated carbocycles. The van der Waals surface area contributed by atoms with Crippen LogP contribution < -0.4 is 5.32 Å². The van der Waals surface area contributed by atoms with E-state index in [0.29, 0.717) is 6.54 Å². The number of nitrogens with zero attached hydrogens (tertiary/aromatic N) is 1. The van der Waals surface area contributed by atoms with Crippen molar-refractivity contribution in [3.05, 3.63) is 34.4 Å². The molecule has 19 heavy (non-hydrogen) atoms. The number of carbonyl (C=O) groups excluding carboxylic acids is 1. The van der Waals surface area contributed by atoms with Gasteiger partial charge in [-0.25, -0.2) is 4.79 Å². The van der Waals surface area contributed by atoms with Crippen LogP contribution in [0.25, 0.3) is 0 Å². The Morgan fingerprint density at radius 3 is 2.11 bits per heavy atom. The predicted octanol–water partition coefficient (Wildman–Crippen LogP) is 3.30. The standard InChI is InChI=1S/C16H24N2O/c1-10-7-12(16(3,4)5)8-11(2)14(10)13-9-17-15(19)18(13)6/h7-8,13H,9H2,1-6H3,(H,17,19). The number of rotatable bonds is 1. The molecule has 1 aliphatic heterocycles. The summed E-state index contributed by atoms with van der Waals surface area (Å²) >= 11 is 0. The quantitative estimate of drug-likeness (QED) is 0.825. The molecule has 2 amide bonds. The molecule has 1 aliphatic rings. The van der Waals surface area contributed by atoms with Gasteiger partial charge in [0.1, 0.15) is 0 Å². The Labute approximate surface area is 116 Å². The first-order valence-corrected chi connectivity index (χ1v) is 6.84. The van der Waals surface area contributed by atoms with Crippen LogP contribution in [0, 0.1) is 13.8 Å². The van der Waals surface area contributed by atoms with Gasteiger partial charge >= 0.3 is 6.03 Å². The number of urea groups is 1. The van der Waals surface area contributed by atoms with E-state index >= 15 is 0 Å². The summed E-state index contributed by atoms with van der Waals surface area (Å²) in [4.78, 5) is 13.4. The first-order chi connectivity index (χ1) is 8.71. The lowest BCUT2D eigenvalue weighted by atomic mass is 9.82. The maximum absolute atomic E-state index is 11.6. The third-order valence-corrected chi connectivity index (χ3v) is 4.03. The topological polar surface area (TPSA) is 32.3 Å². The largest absolute Gasteiger partial charge is 0.336 e. The number of aryl methyl sites for hydroxylation is 2. The van der Waals surface area contributed by atoms with Crippen molar-refractivity contribution in [2.24, 2.45) is 0 Å². The number of hydrogen-bond donors (Lipinski definition) is 1. The SMILES string of the molecule is Cc1cc(C(C)(C)C)cc(C)c1C1CNC(=O)N1C. The molecule has 0 aromatic heterocycles. The van der Waals surface area contributed by atoms with Crippen LogP contribution in [0.15, 0.2) is 12.1 Å². The Kier molecular flexibility index (Phi) is 3.33. The number of hydrogen-bond acceptors (Lipinski definition) is 1. The molecule has 0 bridgehead atoms.